The summed E-state index contributed by atoms with van der Waals surface area (Å²) in [5.74, 6) is 5.55. The number of carbonyl (C=O) groups excluding carboxylic acids is 2. The van der Waals surface area contributed by atoms with Gasteiger partial charge in [0.05, 0.1) is 0 Å². The third-order valence-electron chi connectivity index (χ3n) is 3.27. The van der Waals surface area contributed by atoms with Crippen LogP contribution in [0.25, 0.3) is 0 Å². The van der Waals surface area contributed by atoms with Gasteiger partial charge in [-0.25, -0.2) is 0 Å². The molecule has 110 valence electrons. The maximum atomic E-state index is 11.9. The van der Waals surface area contributed by atoms with Gasteiger partial charge in [-0.2, -0.15) is 0 Å². The Morgan fingerprint density at radius 2 is 1.36 bits per heavy atom. The fourth-order valence-corrected chi connectivity index (χ4v) is 2.07. The van der Waals surface area contributed by atoms with E-state index >= 15 is 0 Å². The van der Waals surface area contributed by atoms with Crippen LogP contribution in [0.15, 0.2) is 60.7 Å². The van der Waals surface area contributed by atoms with Crippen LogP contribution in [0.1, 0.15) is 41.6 Å². The number of unbranched alkanes of at least 4 members (excludes halogenated alkanes) is 1. The van der Waals surface area contributed by atoms with Gasteiger partial charge >= 0.3 is 0 Å². The van der Waals surface area contributed by atoms with E-state index in [1.807, 2.05) is 60.7 Å². The molecule has 22 heavy (non-hydrogen) atoms. The smallest absolute Gasteiger partial charge is 0.205 e. The summed E-state index contributed by atoms with van der Waals surface area (Å²) in [7, 11) is 0. The number of hydrogen-bond acceptors (Lipinski definition) is 2. The second-order valence-corrected chi connectivity index (χ2v) is 5.04. The summed E-state index contributed by atoms with van der Waals surface area (Å²) in [6, 6.07) is 18.7. The number of rotatable bonds is 6. The Morgan fingerprint density at radius 1 is 0.773 bits per heavy atom. The Bertz CT molecular complexity index is 676. The first-order valence-corrected chi connectivity index (χ1v) is 7.44. The van der Waals surface area contributed by atoms with Crippen LogP contribution in [-0.2, 0) is 4.79 Å². The largest absolute Gasteiger partial charge is 0.294 e. The van der Waals surface area contributed by atoms with Crippen LogP contribution in [0.2, 0.25) is 0 Å². The van der Waals surface area contributed by atoms with Gasteiger partial charge in [-0.1, -0.05) is 54.5 Å². The van der Waals surface area contributed by atoms with Crippen molar-refractivity contribution in [1.29, 1.82) is 0 Å². The van der Waals surface area contributed by atoms with Crippen molar-refractivity contribution in [3.8, 4) is 11.8 Å². The normalized spacial score (nSPS) is 9.64. The first-order valence-electron chi connectivity index (χ1n) is 7.44. The second-order valence-electron chi connectivity index (χ2n) is 5.04. The maximum Gasteiger partial charge on any atom is 0.205 e. The summed E-state index contributed by atoms with van der Waals surface area (Å²) < 4.78 is 0. The van der Waals surface area contributed by atoms with Crippen LogP contribution in [0.3, 0.4) is 0 Å². The van der Waals surface area contributed by atoms with E-state index in [0.29, 0.717) is 25.7 Å². The molecule has 0 saturated carbocycles. The monoisotopic (exact) mass is 290 g/mol. The molecule has 0 saturated heterocycles. The molecule has 0 aromatic heterocycles. The van der Waals surface area contributed by atoms with E-state index in [1.165, 1.54) is 0 Å². The number of carbonyl (C=O) groups is 2. The van der Waals surface area contributed by atoms with E-state index in [0.717, 1.165) is 11.1 Å². The first-order chi connectivity index (χ1) is 10.8. The molecule has 2 aromatic rings. The van der Waals surface area contributed by atoms with E-state index < -0.39 is 0 Å². The minimum absolute atomic E-state index is 0.0731. The fourth-order valence-electron chi connectivity index (χ4n) is 2.07. The summed E-state index contributed by atoms with van der Waals surface area (Å²) in [6.07, 6.45) is 2.29. The van der Waals surface area contributed by atoms with E-state index in [-0.39, 0.29) is 11.6 Å². The van der Waals surface area contributed by atoms with Crippen molar-refractivity contribution >= 4 is 11.6 Å². The van der Waals surface area contributed by atoms with E-state index in [9.17, 15) is 9.59 Å². The summed E-state index contributed by atoms with van der Waals surface area (Å²) in [5, 5.41) is 0. The topological polar surface area (TPSA) is 34.1 Å². The highest BCUT2D eigenvalue weighted by atomic mass is 16.1. The fraction of sp³-hybridized carbons (Fsp3) is 0.200. The van der Waals surface area contributed by atoms with Gasteiger partial charge in [0.1, 0.15) is 0 Å². The molecule has 0 bridgehead atoms. The van der Waals surface area contributed by atoms with Crippen molar-refractivity contribution < 1.29 is 9.59 Å². The van der Waals surface area contributed by atoms with Crippen molar-refractivity contribution in [1.82, 2.24) is 0 Å². The zero-order valence-corrected chi connectivity index (χ0v) is 12.4. The molecule has 2 aromatic carbocycles. The Hall–Kier alpha value is -2.66. The predicted octanol–water partition coefficient (Wildman–Crippen LogP) is 4.05. The zero-order chi connectivity index (χ0) is 15.6. The molecule has 0 heterocycles. The molecular weight excluding hydrogens is 272 g/mol. The van der Waals surface area contributed by atoms with Crippen LogP contribution in [0, 0.1) is 11.8 Å². The van der Waals surface area contributed by atoms with Gasteiger partial charge in [0.25, 0.3) is 0 Å². The van der Waals surface area contributed by atoms with Gasteiger partial charge in [-0.3, -0.25) is 9.59 Å². The van der Waals surface area contributed by atoms with Gasteiger partial charge in [0, 0.05) is 24.0 Å². The standard InChI is InChI=1S/C20H18O2/c21-19(16-15-17-9-3-1-4-10-17)13-7-8-14-20(22)18-11-5-2-6-12-18/h1-6,9-12H,7-8,13-14H2. The minimum atomic E-state index is -0.0731. The average Bonchev–Trinajstić information content (AvgIpc) is 2.58. The highest BCUT2D eigenvalue weighted by Crippen LogP contribution is 2.08. The van der Waals surface area contributed by atoms with E-state index in [1.54, 1.807) is 0 Å². The molecule has 0 aliphatic heterocycles. The third-order valence-corrected chi connectivity index (χ3v) is 3.27. The second kappa shape index (κ2) is 8.59. The Morgan fingerprint density at radius 3 is 2.05 bits per heavy atom. The van der Waals surface area contributed by atoms with Crippen molar-refractivity contribution in [2.24, 2.45) is 0 Å². The summed E-state index contributed by atoms with van der Waals surface area (Å²) >= 11 is 0. The van der Waals surface area contributed by atoms with Crippen molar-refractivity contribution in [3.05, 3.63) is 71.8 Å². The van der Waals surface area contributed by atoms with Gasteiger partial charge in [0.2, 0.25) is 5.78 Å². The van der Waals surface area contributed by atoms with Crippen LogP contribution in [0.4, 0.5) is 0 Å². The predicted molar refractivity (Wildman–Crippen MR) is 87.6 cm³/mol. The molecular formula is C20H18O2. The molecule has 0 spiro atoms. The molecule has 0 aliphatic carbocycles. The number of ketones is 2. The van der Waals surface area contributed by atoms with E-state index in [2.05, 4.69) is 11.8 Å². The Balaban J connectivity index is 1.70. The molecule has 2 rings (SSSR count). The van der Waals surface area contributed by atoms with Crippen LogP contribution < -0.4 is 0 Å². The molecule has 0 amide bonds. The number of Topliss-reactive ketones (excluding diaryl/α,β-unsaturated/α-hetero) is 2. The van der Waals surface area contributed by atoms with Gasteiger partial charge < -0.3 is 0 Å². The SMILES string of the molecule is O=C(C#Cc1ccccc1)CCCCC(=O)c1ccccc1. The maximum absolute atomic E-state index is 11.9. The highest BCUT2D eigenvalue weighted by molar-refractivity contribution is 5.96. The molecule has 0 unspecified atom stereocenters. The molecule has 0 aliphatic rings. The lowest BCUT2D eigenvalue weighted by molar-refractivity contribution is -0.113. The Kier molecular flexibility index (Phi) is 6.14. The van der Waals surface area contributed by atoms with Gasteiger partial charge in [0.15, 0.2) is 5.78 Å². The molecule has 2 nitrogen and oxygen atoms in total. The lowest BCUT2D eigenvalue weighted by atomic mass is 10.0. The first kappa shape index (κ1) is 15.7. The lowest BCUT2D eigenvalue weighted by Gasteiger charge is -1.99. The molecule has 0 N–H and O–H groups in total. The summed E-state index contributed by atoms with van der Waals surface area (Å²) in [6.45, 7) is 0. The van der Waals surface area contributed by atoms with Crippen LogP contribution in [0.5, 0.6) is 0 Å². The lowest BCUT2D eigenvalue weighted by Crippen LogP contribution is -2.00. The Labute approximate surface area is 131 Å². The van der Waals surface area contributed by atoms with Crippen molar-refractivity contribution in [2.75, 3.05) is 0 Å². The van der Waals surface area contributed by atoms with Crippen LogP contribution in [-0.4, -0.2) is 11.6 Å². The highest BCUT2D eigenvalue weighted by Gasteiger charge is 2.05. The van der Waals surface area contributed by atoms with Gasteiger partial charge in [-0.15, -0.1) is 0 Å². The van der Waals surface area contributed by atoms with Crippen molar-refractivity contribution in [3.63, 3.8) is 0 Å². The number of benzene rings is 2. The van der Waals surface area contributed by atoms with Crippen LogP contribution >= 0.6 is 0 Å². The molecule has 0 fully saturated rings. The third kappa shape index (κ3) is 5.38. The number of hydrogen-bond donors (Lipinski definition) is 0. The molecule has 2 heteroatoms. The summed E-state index contributed by atoms with van der Waals surface area (Å²) in [4.78, 5) is 23.6. The van der Waals surface area contributed by atoms with Crippen molar-refractivity contribution in [2.45, 2.75) is 25.7 Å². The minimum Gasteiger partial charge on any atom is -0.294 e. The molecule has 0 radical (unpaired) electrons. The average molecular weight is 290 g/mol. The zero-order valence-electron chi connectivity index (χ0n) is 12.4. The summed E-state index contributed by atoms with van der Waals surface area (Å²) in [5.41, 5.74) is 1.58. The van der Waals surface area contributed by atoms with Gasteiger partial charge in [-0.05, 0) is 30.9 Å². The molecule has 0 atom stereocenters. The quantitative estimate of drug-likeness (QED) is 0.457. The van der Waals surface area contributed by atoms with E-state index in [4.69, 9.17) is 0 Å².